The first kappa shape index (κ1) is 27.7. The number of benzene rings is 2. The van der Waals surface area contributed by atoms with Crippen molar-refractivity contribution in [2.45, 2.75) is 71.4 Å². The Morgan fingerprint density at radius 1 is 0.927 bits per heavy atom. The number of carbonyl (C=O) groups excluding carboxylic acids is 2. The van der Waals surface area contributed by atoms with E-state index in [-0.39, 0.29) is 48.1 Å². The second kappa shape index (κ2) is 11.4. The predicted molar refractivity (Wildman–Crippen MR) is 155 cm³/mol. The van der Waals surface area contributed by atoms with E-state index in [0.717, 1.165) is 37.7 Å². The van der Waals surface area contributed by atoms with Crippen molar-refractivity contribution < 1.29 is 18.4 Å². The summed E-state index contributed by atoms with van der Waals surface area (Å²) in [6.07, 6.45) is 9.78. The first-order valence-corrected chi connectivity index (χ1v) is 15.1. The maximum Gasteiger partial charge on any atom is 0.242 e. The molecule has 7 rings (SSSR count). The van der Waals surface area contributed by atoms with Crippen LogP contribution in [0.25, 0.3) is 11.0 Å². The minimum Gasteiger partial charge on any atom is -0.464 e. The fraction of sp³-hybridized carbons (Fsp3) is 0.500. The van der Waals surface area contributed by atoms with Gasteiger partial charge in [-0.25, -0.2) is 4.39 Å². The van der Waals surface area contributed by atoms with Crippen molar-refractivity contribution in [3.8, 4) is 0 Å². The third-order valence-corrected chi connectivity index (χ3v) is 9.64. The van der Waals surface area contributed by atoms with Crippen molar-refractivity contribution in [3.05, 3.63) is 82.0 Å². The number of hydrogen-bond donors (Lipinski definition) is 0. The van der Waals surface area contributed by atoms with Crippen molar-refractivity contribution in [1.82, 2.24) is 9.80 Å². The molecule has 4 fully saturated rings. The highest BCUT2D eigenvalue weighted by atomic mass is 19.1. The highest BCUT2D eigenvalue weighted by Crippen LogP contribution is 2.60. The van der Waals surface area contributed by atoms with Gasteiger partial charge in [0, 0.05) is 13.1 Å². The minimum atomic E-state index is -0.353. The molecule has 216 valence electrons. The predicted octanol–water partition coefficient (Wildman–Crippen LogP) is 6.31. The molecule has 4 aliphatic rings. The minimum absolute atomic E-state index is 0.0271. The molecule has 0 N–H and O–H groups in total. The zero-order chi connectivity index (χ0) is 28.6. The van der Waals surface area contributed by atoms with E-state index in [9.17, 15) is 18.8 Å². The lowest BCUT2D eigenvalue weighted by molar-refractivity contribution is -0.160. The Morgan fingerprint density at radius 2 is 1.59 bits per heavy atom. The van der Waals surface area contributed by atoms with E-state index in [0.29, 0.717) is 40.8 Å². The van der Waals surface area contributed by atoms with Gasteiger partial charge in [0.25, 0.3) is 0 Å². The summed E-state index contributed by atoms with van der Waals surface area (Å²) in [5, 5.41) is 0.459. The van der Waals surface area contributed by atoms with Gasteiger partial charge in [-0.2, -0.15) is 0 Å². The average molecular weight is 559 g/mol. The van der Waals surface area contributed by atoms with Crippen LogP contribution in [0, 0.1) is 29.0 Å². The van der Waals surface area contributed by atoms with E-state index >= 15 is 0 Å². The Kier molecular flexibility index (Phi) is 7.71. The van der Waals surface area contributed by atoms with Gasteiger partial charge >= 0.3 is 0 Å². The molecule has 3 aromatic rings. The Balaban J connectivity index is 1.27. The topological polar surface area (TPSA) is 70.8 Å². The van der Waals surface area contributed by atoms with E-state index in [4.69, 9.17) is 4.42 Å². The first-order chi connectivity index (χ1) is 19.8. The van der Waals surface area contributed by atoms with E-state index in [1.54, 1.807) is 46.2 Å². The molecule has 0 spiro atoms. The number of para-hydroxylation sites is 1. The van der Waals surface area contributed by atoms with Gasteiger partial charge < -0.3 is 14.2 Å². The van der Waals surface area contributed by atoms with Crippen LogP contribution in [0.2, 0.25) is 0 Å². The van der Waals surface area contributed by atoms with E-state index < -0.39 is 0 Å². The van der Waals surface area contributed by atoms with Crippen molar-refractivity contribution in [2.24, 2.45) is 23.2 Å². The Morgan fingerprint density at radius 3 is 2.24 bits per heavy atom. The largest absolute Gasteiger partial charge is 0.464 e. The van der Waals surface area contributed by atoms with Crippen LogP contribution in [-0.2, 0) is 22.7 Å². The van der Waals surface area contributed by atoms with Gasteiger partial charge in [0.15, 0.2) is 5.43 Å². The second-order valence-corrected chi connectivity index (χ2v) is 12.7. The molecule has 7 heteroatoms. The van der Waals surface area contributed by atoms with E-state index in [1.165, 1.54) is 37.7 Å². The number of fused-ring (bicyclic) bond motifs is 1. The molecule has 0 aliphatic heterocycles. The number of nitrogens with zero attached hydrogens (tertiary/aromatic N) is 2. The van der Waals surface area contributed by atoms with Crippen LogP contribution in [-0.4, -0.2) is 34.7 Å². The maximum absolute atomic E-state index is 14.3. The van der Waals surface area contributed by atoms with Gasteiger partial charge in [-0.15, -0.1) is 0 Å². The number of rotatable bonds is 10. The third kappa shape index (κ3) is 5.68. The average Bonchev–Trinajstić information content (AvgIpc) is 2.96. The summed E-state index contributed by atoms with van der Waals surface area (Å²) >= 11 is 0. The molecule has 0 unspecified atom stereocenters. The Bertz CT molecular complexity index is 1440. The molecule has 0 atom stereocenters. The van der Waals surface area contributed by atoms with Crippen LogP contribution < -0.4 is 5.43 Å². The lowest BCUT2D eigenvalue weighted by Crippen LogP contribution is -2.56. The number of hydrogen-bond acceptors (Lipinski definition) is 4. The van der Waals surface area contributed by atoms with Crippen LogP contribution in [0.15, 0.2) is 64.0 Å². The van der Waals surface area contributed by atoms with E-state index in [1.807, 2.05) is 0 Å². The molecule has 4 saturated carbocycles. The Labute approximate surface area is 240 Å². The lowest BCUT2D eigenvalue weighted by Gasteiger charge is -2.56. The molecule has 6 nitrogen and oxygen atoms in total. The Hall–Kier alpha value is -3.48. The quantitative estimate of drug-likeness (QED) is 0.293. The van der Waals surface area contributed by atoms with Gasteiger partial charge in [0.1, 0.15) is 11.4 Å². The molecular formula is C34H39FN2O4. The highest BCUT2D eigenvalue weighted by molar-refractivity contribution is 5.88. The van der Waals surface area contributed by atoms with Gasteiger partial charge in [-0.05, 0) is 92.5 Å². The number of halogens is 1. The molecule has 4 aliphatic carbocycles. The van der Waals surface area contributed by atoms with Gasteiger partial charge in [0.2, 0.25) is 11.8 Å². The summed E-state index contributed by atoms with van der Waals surface area (Å²) in [7, 11) is 0. The monoisotopic (exact) mass is 558 g/mol. The van der Waals surface area contributed by atoms with Crippen molar-refractivity contribution in [1.29, 1.82) is 0 Å². The standard InChI is InChI=1S/C34H39FN2O4/c1-2-3-12-36(33(40)34-16-24-13-25(17-34)15-26(14-24)18-34)21-31(38)37(19-23-8-10-28(35)11-9-23)20-27-22-41-30-7-5-4-6-29(30)32(27)39/h4-11,22,24-26H,2-3,12-21H2,1H3. The van der Waals surface area contributed by atoms with Gasteiger partial charge in [-0.1, -0.05) is 37.6 Å². The highest BCUT2D eigenvalue weighted by Gasteiger charge is 2.55. The number of carbonyl (C=O) groups is 2. The summed E-state index contributed by atoms with van der Waals surface area (Å²) < 4.78 is 19.4. The molecule has 0 saturated heterocycles. The van der Waals surface area contributed by atoms with Crippen LogP contribution in [0.3, 0.4) is 0 Å². The lowest BCUT2D eigenvalue weighted by atomic mass is 9.49. The number of unbranched alkanes of at least 4 members (excludes halogenated alkanes) is 1. The van der Waals surface area contributed by atoms with Crippen LogP contribution >= 0.6 is 0 Å². The van der Waals surface area contributed by atoms with Gasteiger partial charge in [-0.3, -0.25) is 14.4 Å². The van der Waals surface area contributed by atoms with Crippen LogP contribution in [0.4, 0.5) is 4.39 Å². The van der Waals surface area contributed by atoms with Crippen molar-refractivity contribution in [3.63, 3.8) is 0 Å². The van der Waals surface area contributed by atoms with E-state index in [2.05, 4.69) is 6.92 Å². The van der Waals surface area contributed by atoms with Crippen molar-refractivity contribution >= 4 is 22.8 Å². The van der Waals surface area contributed by atoms with Crippen LogP contribution in [0.1, 0.15) is 69.4 Å². The fourth-order valence-electron chi connectivity index (χ4n) is 8.05. The number of amides is 2. The molecule has 41 heavy (non-hydrogen) atoms. The molecule has 0 radical (unpaired) electrons. The fourth-order valence-corrected chi connectivity index (χ4v) is 8.05. The molecule has 2 aromatic carbocycles. The second-order valence-electron chi connectivity index (χ2n) is 12.7. The summed E-state index contributed by atoms with van der Waals surface area (Å²) in [6, 6.07) is 13.1. The molecule has 2 amide bonds. The summed E-state index contributed by atoms with van der Waals surface area (Å²) in [5.41, 5.74) is 1.09. The van der Waals surface area contributed by atoms with Crippen LogP contribution in [0.5, 0.6) is 0 Å². The van der Waals surface area contributed by atoms with Crippen molar-refractivity contribution in [2.75, 3.05) is 13.1 Å². The summed E-state index contributed by atoms with van der Waals surface area (Å²) in [6.45, 7) is 2.84. The zero-order valence-electron chi connectivity index (χ0n) is 23.8. The SMILES string of the molecule is CCCCN(CC(=O)N(Cc1ccc(F)cc1)Cc1coc2ccccc2c1=O)C(=O)C12CC3CC(CC(C3)C1)C2. The van der Waals surface area contributed by atoms with Gasteiger partial charge in [0.05, 0.1) is 35.7 Å². The summed E-state index contributed by atoms with van der Waals surface area (Å²) in [5.74, 6) is 1.47. The molecule has 1 heterocycles. The molecule has 4 bridgehead atoms. The molecular weight excluding hydrogens is 519 g/mol. The zero-order valence-corrected chi connectivity index (χ0v) is 23.8. The maximum atomic E-state index is 14.3. The smallest absolute Gasteiger partial charge is 0.242 e. The normalized spacial score (nSPS) is 24.5. The third-order valence-electron chi connectivity index (χ3n) is 9.64. The summed E-state index contributed by atoms with van der Waals surface area (Å²) in [4.78, 5) is 45.0. The molecule has 1 aromatic heterocycles. The first-order valence-electron chi connectivity index (χ1n) is 15.1.